The van der Waals surface area contributed by atoms with Gasteiger partial charge in [-0.1, -0.05) is 53.6 Å². The normalized spacial score (nSPS) is 24.1. The monoisotopic (exact) mass is 699 g/mol. The van der Waals surface area contributed by atoms with Crippen molar-refractivity contribution < 1.29 is 13.2 Å². The number of piperidine rings is 2. The number of carbonyl (C=O) groups excluding carboxylic acids is 1. The van der Waals surface area contributed by atoms with Gasteiger partial charge in [0.25, 0.3) is 5.91 Å². The Morgan fingerprint density at radius 3 is 2.37 bits per heavy atom. The third-order valence-electron chi connectivity index (χ3n) is 11.9. The predicted molar refractivity (Wildman–Crippen MR) is 194 cm³/mol. The number of hydrogen-bond acceptors (Lipinski definition) is 5. The van der Waals surface area contributed by atoms with Crippen LogP contribution in [0.15, 0.2) is 71.6 Å². The van der Waals surface area contributed by atoms with Crippen molar-refractivity contribution >= 4 is 38.6 Å². The fourth-order valence-electron chi connectivity index (χ4n) is 9.08. The van der Waals surface area contributed by atoms with Gasteiger partial charge in [-0.3, -0.25) is 9.69 Å². The summed E-state index contributed by atoms with van der Waals surface area (Å²) in [4.78, 5) is 23.5. The summed E-state index contributed by atoms with van der Waals surface area (Å²) >= 11 is 6.52. The number of carbonyl (C=O) groups is 1. The molecule has 2 bridgehead atoms. The highest BCUT2D eigenvalue weighted by atomic mass is 35.5. The number of halogens is 1. The zero-order valence-corrected chi connectivity index (χ0v) is 30.0. The number of fused-ring (bicyclic) bond motifs is 3. The zero-order chi connectivity index (χ0) is 33.9. The molecule has 0 spiro atoms. The SMILES string of the molecule is Cc1cccc(C2(CCN3[C@@H]4CC[C@H]3CC(n3c(C)nc5ccccc53)C4)CCN(C(=O)c3cc(S(=O)(=O)NC4CC4)ccc3Cl)CC2)c1. The topological polar surface area (TPSA) is 87.5 Å². The van der Waals surface area contributed by atoms with Gasteiger partial charge in [0.1, 0.15) is 5.82 Å². The van der Waals surface area contributed by atoms with Crippen molar-refractivity contribution in [3.8, 4) is 0 Å². The summed E-state index contributed by atoms with van der Waals surface area (Å²) in [6, 6.07) is 23.5. The van der Waals surface area contributed by atoms with Gasteiger partial charge in [0, 0.05) is 37.3 Å². The number of aryl methyl sites for hydroxylation is 2. The van der Waals surface area contributed by atoms with Crippen molar-refractivity contribution in [3.63, 3.8) is 0 Å². The fourth-order valence-corrected chi connectivity index (χ4v) is 10.6. The van der Waals surface area contributed by atoms with Crippen LogP contribution in [0, 0.1) is 13.8 Å². The standard InChI is InChI=1S/C39H46ClN5O3S/c1-26-6-5-7-28(22-26)39(16-19-43(20-17-39)38(46)34-25-33(14-15-35(34)40)49(47,48)42-29-10-11-29)18-21-44-30-12-13-31(44)24-32(23-30)45-27(2)41-36-8-3-4-9-37(36)45/h3-9,14-15,22,25,29-32,42H,10-13,16-21,23-24H2,1-2H3/t30-,31+,32?. The molecule has 8 rings (SSSR count). The molecular weight excluding hydrogens is 654 g/mol. The maximum Gasteiger partial charge on any atom is 0.255 e. The molecule has 1 aliphatic carbocycles. The van der Waals surface area contributed by atoms with E-state index in [1.54, 1.807) is 0 Å². The van der Waals surface area contributed by atoms with Crippen molar-refractivity contribution in [1.82, 2.24) is 24.1 Å². The Labute approximate surface area is 294 Å². The molecule has 1 amide bonds. The van der Waals surface area contributed by atoms with E-state index in [1.807, 2.05) is 4.90 Å². The van der Waals surface area contributed by atoms with Crippen LogP contribution in [-0.2, 0) is 15.4 Å². The van der Waals surface area contributed by atoms with E-state index in [0.29, 0.717) is 31.2 Å². The van der Waals surface area contributed by atoms with Gasteiger partial charge in [0.05, 0.1) is 26.5 Å². The number of likely N-dealkylation sites (tertiary alicyclic amines) is 1. The number of amides is 1. The molecule has 3 aromatic carbocycles. The van der Waals surface area contributed by atoms with Gasteiger partial charge in [-0.15, -0.1) is 0 Å². The third-order valence-corrected chi connectivity index (χ3v) is 13.7. The maximum atomic E-state index is 13.9. The molecule has 1 N–H and O–H groups in total. The van der Waals surface area contributed by atoms with E-state index in [0.717, 1.165) is 62.8 Å². The number of sulfonamides is 1. The molecule has 49 heavy (non-hydrogen) atoms. The van der Waals surface area contributed by atoms with Gasteiger partial charge >= 0.3 is 0 Å². The summed E-state index contributed by atoms with van der Waals surface area (Å²) in [6.07, 6.45) is 9.25. The highest BCUT2D eigenvalue weighted by Gasteiger charge is 2.44. The van der Waals surface area contributed by atoms with Gasteiger partial charge in [-0.05, 0) is 119 Å². The highest BCUT2D eigenvalue weighted by Crippen LogP contribution is 2.45. The molecule has 8 nitrogen and oxygen atoms in total. The molecule has 258 valence electrons. The molecule has 0 radical (unpaired) electrons. The quantitative estimate of drug-likeness (QED) is 0.200. The minimum atomic E-state index is -3.70. The fraction of sp³-hybridized carbons (Fsp3) is 0.487. The third kappa shape index (κ3) is 6.32. The van der Waals surface area contributed by atoms with Gasteiger partial charge < -0.3 is 9.47 Å². The van der Waals surface area contributed by atoms with Crippen molar-refractivity contribution in [2.75, 3.05) is 19.6 Å². The molecular formula is C39H46ClN5O3S. The van der Waals surface area contributed by atoms with Crippen molar-refractivity contribution in [1.29, 1.82) is 0 Å². The van der Waals surface area contributed by atoms with Crippen LogP contribution in [0.5, 0.6) is 0 Å². The van der Waals surface area contributed by atoms with Gasteiger partial charge in [0.2, 0.25) is 10.0 Å². The minimum Gasteiger partial charge on any atom is -0.339 e. The second-order valence-electron chi connectivity index (χ2n) is 15.0. The molecule has 4 heterocycles. The maximum absolute atomic E-state index is 13.9. The average molecular weight is 700 g/mol. The van der Waals surface area contributed by atoms with Gasteiger partial charge in [-0.25, -0.2) is 18.1 Å². The number of nitrogens with zero attached hydrogens (tertiary/aromatic N) is 4. The largest absolute Gasteiger partial charge is 0.339 e. The number of rotatable bonds is 9. The van der Waals surface area contributed by atoms with Crippen LogP contribution in [0.4, 0.5) is 0 Å². The summed E-state index contributed by atoms with van der Waals surface area (Å²) in [7, 11) is -3.70. The summed E-state index contributed by atoms with van der Waals surface area (Å²) in [6.45, 7) is 6.55. The Hall–Kier alpha value is -3.24. The zero-order valence-electron chi connectivity index (χ0n) is 28.4. The smallest absolute Gasteiger partial charge is 0.255 e. The average Bonchev–Trinajstić information content (AvgIpc) is 3.78. The number of para-hydroxylation sites is 2. The van der Waals surface area contributed by atoms with E-state index in [9.17, 15) is 13.2 Å². The molecule has 1 saturated carbocycles. The Bertz CT molecular complexity index is 1980. The van der Waals surface area contributed by atoms with Gasteiger partial charge in [-0.2, -0.15) is 0 Å². The molecule has 10 heteroatoms. The number of imidazole rings is 1. The van der Waals surface area contributed by atoms with Crippen molar-refractivity contribution in [2.24, 2.45) is 0 Å². The summed E-state index contributed by atoms with van der Waals surface area (Å²) in [5.74, 6) is 0.914. The lowest BCUT2D eigenvalue weighted by atomic mass is 9.70. The Morgan fingerprint density at radius 2 is 1.65 bits per heavy atom. The lowest BCUT2D eigenvalue weighted by molar-refractivity contribution is 0.0607. The van der Waals surface area contributed by atoms with Crippen LogP contribution < -0.4 is 4.72 Å². The molecule has 4 fully saturated rings. The van der Waals surface area contributed by atoms with E-state index in [2.05, 4.69) is 76.6 Å². The number of benzene rings is 3. The second kappa shape index (κ2) is 12.8. The summed E-state index contributed by atoms with van der Waals surface area (Å²) in [5.41, 5.74) is 5.17. The highest BCUT2D eigenvalue weighted by molar-refractivity contribution is 7.89. The first kappa shape index (κ1) is 32.9. The van der Waals surface area contributed by atoms with E-state index in [4.69, 9.17) is 16.6 Å². The number of aromatic nitrogens is 2. The van der Waals surface area contributed by atoms with E-state index >= 15 is 0 Å². The van der Waals surface area contributed by atoms with Crippen LogP contribution in [0.25, 0.3) is 11.0 Å². The summed E-state index contributed by atoms with van der Waals surface area (Å²) < 4.78 is 31.1. The van der Waals surface area contributed by atoms with Crippen LogP contribution in [0.3, 0.4) is 0 Å². The molecule has 4 aromatic rings. The lowest BCUT2D eigenvalue weighted by Gasteiger charge is -2.46. The van der Waals surface area contributed by atoms with Crippen molar-refractivity contribution in [3.05, 3.63) is 94.3 Å². The molecule has 3 aliphatic heterocycles. The predicted octanol–water partition coefficient (Wildman–Crippen LogP) is 7.18. The van der Waals surface area contributed by atoms with Crippen LogP contribution in [-0.4, -0.2) is 71.4 Å². The number of hydrogen-bond donors (Lipinski definition) is 1. The van der Waals surface area contributed by atoms with Crippen LogP contribution >= 0.6 is 11.6 Å². The second-order valence-corrected chi connectivity index (χ2v) is 17.1. The first-order chi connectivity index (χ1) is 23.6. The Balaban J connectivity index is 0.985. The summed E-state index contributed by atoms with van der Waals surface area (Å²) in [5, 5.41) is 0.281. The van der Waals surface area contributed by atoms with Crippen LogP contribution in [0.1, 0.15) is 91.1 Å². The van der Waals surface area contributed by atoms with E-state index < -0.39 is 10.0 Å². The number of nitrogens with one attached hydrogen (secondary N) is 1. The molecule has 3 atom stereocenters. The first-order valence-corrected chi connectivity index (χ1v) is 19.8. The van der Waals surface area contributed by atoms with Crippen LogP contribution in [0.2, 0.25) is 5.02 Å². The van der Waals surface area contributed by atoms with Crippen molar-refractivity contribution in [2.45, 2.75) is 106 Å². The van der Waals surface area contributed by atoms with E-state index in [1.165, 1.54) is 47.7 Å². The lowest BCUT2D eigenvalue weighted by Crippen LogP contribution is -2.49. The Morgan fingerprint density at radius 1 is 0.918 bits per heavy atom. The molecule has 4 aliphatic rings. The minimum absolute atomic E-state index is 0.0144. The Kier molecular flexibility index (Phi) is 8.62. The van der Waals surface area contributed by atoms with E-state index in [-0.39, 0.29) is 32.8 Å². The van der Waals surface area contributed by atoms with Gasteiger partial charge in [0.15, 0.2) is 0 Å². The molecule has 3 saturated heterocycles. The molecule has 1 unspecified atom stereocenters. The first-order valence-electron chi connectivity index (χ1n) is 18.0. The molecule has 1 aromatic heterocycles.